The lowest BCUT2D eigenvalue weighted by Crippen LogP contribution is -2.38. The number of ether oxygens (including phenoxy) is 1. The first-order valence-corrected chi connectivity index (χ1v) is 5.20. The molecule has 90 valence electrons. The normalized spacial score (nSPS) is 12.8. The van der Waals surface area contributed by atoms with Gasteiger partial charge in [-0.1, -0.05) is 19.0 Å². The first-order valence-electron chi connectivity index (χ1n) is 5.20. The van der Waals surface area contributed by atoms with Crippen LogP contribution >= 0.6 is 0 Å². The molecule has 1 atom stereocenters. The molecule has 0 aliphatic rings. The lowest BCUT2D eigenvalue weighted by Gasteiger charge is -2.17. The quantitative estimate of drug-likeness (QED) is 0.722. The number of rotatable bonds is 6. The van der Waals surface area contributed by atoms with Gasteiger partial charge < -0.3 is 9.26 Å². The van der Waals surface area contributed by atoms with Crippen LogP contribution in [0.4, 0.5) is 0 Å². The van der Waals surface area contributed by atoms with E-state index < -0.39 is 0 Å². The predicted octanol–water partition coefficient (Wildman–Crippen LogP) is 0.747. The van der Waals surface area contributed by atoms with Gasteiger partial charge in [0.25, 0.3) is 0 Å². The first-order chi connectivity index (χ1) is 7.63. The molecule has 1 N–H and O–H groups in total. The van der Waals surface area contributed by atoms with Crippen molar-refractivity contribution in [1.29, 1.82) is 0 Å². The summed E-state index contributed by atoms with van der Waals surface area (Å²) in [6, 6.07) is -0.336. The lowest BCUT2D eigenvalue weighted by molar-refractivity contribution is -0.143. The summed E-state index contributed by atoms with van der Waals surface area (Å²) >= 11 is 0. The van der Waals surface area contributed by atoms with Gasteiger partial charge in [0.2, 0.25) is 5.89 Å². The van der Waals surface area contributed by atoms with Crippen molar-refractivity contribution in [2.45, 2.75) is 32.9 Å². The van der Waals surface area contributed by atoms with Crippen molar-refractivity contribution in [1.82, 2.24) is 15.5 Å². The molecular weight excluding hydrogens is 210 g/mol. The molecule has 0 aromatic carbocycles. The zero-order chi connectivity index (χ0) is 12.0. The van der Waals surface area contributed by atoms with Crippen molar-refractivity contribution in [3.63, 3.8) is 0 Å². The molecule has 1 unspecified atom stereocenters. The van der Waals surface area contributed by atoms with E-state index in [2.05, 4.69) is 15.5 Å². The van der Waals surface area contributed by atoms with Crippen molar-refractivity contribution >= 4 is 5.97 Å². The van der Waals surface area contributed by atoms with Crippen LogP contribution in [-0.4, -0.2) is 29.3 Å². The van der Waals surface area contributed by atoms with Crippen LogP contribution in [0.15, 0.2) is 10.9 Å². The topological polar surface area (TPSA) is 77.2 Å². The highest BCUT2D eigenvalue weighted by Gasteiger charge is 2.20. The molecule has 1 aromatic heterocycles. The molecule has 0 spiro atoms. The molecule has 0 amide bonds. The maximum atomic E-state index is 11.5. The van der Waals surface area contributed by atoms with Gasteiger partial charge in [-0.15, -0.1) is 0 Å². The highest BCUT2D eigenvalue weighted by Crippen LogP contribution is 2.06. The van der Waals surface area contributed by atoms with Gasteiger partial charge in [0, 0.05) is 0 Å². The fourth-order valence-corrected chi connectivity index (χ4v) is 1.36. The van der Waals surface area contributed by atoms with Gasteiger partial charge in [0.05, 0.1) is 13.7 Å². The van der Waals surface area contributed by atoms with Crippen LogP contribution in [0.25, 0.3) is 0 Å². The Balaban J connectivity index is 2.46. The highest BCUT2D eigenvalue weighted by molar-refractivity contribution is 5.75. The van der Waals surface area contributed by atoms with Gasteiger partial charge in [-0.05, 0) is 12.3 Å². The van der Waals surface area contributed by atoms with E-state index in [0.29, 0.717) is 24.8 Å². The Bertz CT molecular complexity index is 311. The predicted molar refractivity (Wildman–Crippen MR) is 56.4 cm³/mol. The molecule has 1 heterocycles. The van der Waals surface area contributed by atoms with Crippen molar-refractivity contribution in [3.8, 4) is 0 Å². The van der Waals surface area contributed by atoms with E-state index in [1.165, 1.54) is 13.4 Å². The summed E-state index contributed by atoms with van der Waals surface area (Å²) in [6.07, 6.45) is 2.04. The molecule has 0 saturated heterocycles. The largest absolute Gasteiger partial charge is 0.468 e. The van der Waals surface area contributed by atoms with Crippen LogP contribution in [0.5, 0.6) is 0 Å². The molecule has 1 rings (SSSR count). The van der Waals surface area contributed by atoms with Crippen LogP contribution in [0.1, 0.15) is 26.2 Å². The number of carbonyl (C=O) groups excluding carboxylic acids is 1. The zero-order valence-electron chi connectivity index (χ0n) is 9.77. The SMILES string of the molecule is COC(=O)C(CC(C)C)NCc1ncno1. The number of aromatic nitrogens is 2. The number of carbonyl (C=O) groups is 1. The average Bonchev–Trinajstić information content (AvgIpc) is 2.75. The Morgan fingerprint density at radius 2 is 2.38 bits per heavy atom. The van der Waals surface area contributed by atoms with E-state index in [4.69, 9.17) is 9.26 Å². The molecule has 16 heavy (non-hydrogen) atoms. The molecule has 0 aliphatic carbocycles. The van der Waals surface area contributed by atoms with Crippen LogP contribution in [0.2, 0.25) is 0 Å². The molecule has 1 aromatic rings. The summed E-state index contributed by atoms with van der Waals surface area (Å²) in [4.78, 5) is 15.3. The Kier molecular flexibility index (Phi) is 4.91. The minimum atomic E-state index is -0.336. The van der Waals surface area contributed by atoms with Gasteiger partial charge in [0.15, 0.2) is 6.33 Å². The number of nitrogens with zero attached hydrogens (tertiary/aromatic N) is 2. The molecule has 0 radical (unpaired) electrons. The standard InChI is InChI=1S/C10H17N3O3/c1-7(2)4-8(10(14)15-3)11-5-9-12-6-13-16-9/h6-8,11H,4-5H2,1-3H3. The van der Waals surface area contributed by atoms with E-state index in [1.807, 2.05) is 13.8 Å². The summed E-state index contributed by atoms with van der Waals surface area (Å²) in [5, 5.41) is 6.52. The second-order valence-electron chi connectivity index (χ2n) is 3.92. The minimum absolute atomic E-state index is 0.270. The number of nitrogens with one attached hydrogen (secondary N) is 1. The number of esters is 1. The molecule has 0 saturated carbocycles. The second-order valence-corrected chi connectivity index (χ2v) is 3.92. The van der Waals surface area contributed by atoms with Crippen LogP contribution in [-0.2, 0) is 16.1 Å². The first kappa shape index (κ1) is 12.6. The van der Waals surface area contributed by atoms with Crippen LogP contribution in [0, 0.1) is 5.92 Å². The van der Waals surface area contributed by atoms with E-state index in [0.717, 1.165) is 0 Å². The van der Waals surface area contributed by atoms with Gasteiger partial charge in [-0.25, -0.2) is 0 Å². The molecule has 0 bridgehead atoms. The number of hydrogen-bond acceptors (Lipinski definition) is 6. The monoisotopic (exact) mass is 227 g/mol. The second kappa shape index (κ2) is 6.22. The van der Waals surface area contributed by atoms with Crippen molar-refractivity contribution < 1.29 is 14.1 Å². The van der Waals surface area contributed by atoms with E-state index in [1.54, 1.807) is 0 Å². The zero-order valence-corrected chi connectivity index (χ0v) is 9.77. The maximum absolute atomic E-state index is 11.5. The van der Waals surface area contributed by atoms with E-state index >= 15 is 0 Å². The van der Waals surface area contributed by atoms with Crippen molar-refractivity contribution in [2.75, 3.05) is 7.11 Å². The van der Waals surface area contributed by atoms with Gasteiger partial charge >= 0.3 is 5.97 Å². The maximum Gasteiger partial charge on any atom is 0.322 e. The van der Waals surface area contributed by atoms with Crippen molar-refractivity contribution in [2.24, 2.45) is 5.92 Å². The van der Waals surface area contributed by atoms with Crippen molar-refractivity contribution in [3.05, 3.63) is 12.2 Å². The van der Waals surface area contributed by atoms with E-state index in [9.17, 15) is 4.79 Å². The molecule has 6 heteroatoms. The average molecular weight is 227 g/mol. The summed E-state index contributed by atoms with van der Waals surface area (Å²) in [6.45, 7) is 4.46. The smallest absolute Gasteiger partial charge is 0.322 e. The third-order valence-corrected chi connectivity index (χ3v) is 2.10. The Morgan fingerprint density at radius 3 is 2.88 bits per heavy atom. The molecule has 6 nitrogen and oxygen atoms in total. The van der Waals surface area contributed by atoms with Gasteiger partial charge in [-0.2, -0.15) is 4.98 Å². The summed E-state index contributed by atoms with van der Waals surface area (Å²) in [5.74, 6) is 0.588. The van der Waals surface area contributed by atoms with Crippen LogP contribution < -0.4 is 5.32 Å². The summed E-state index contributed by atoms with van der Waals surface area (Å²) in [5.41, 5.74) is 0. The third kappa shape index (κ3) is 3.98. The fraction of sp³-hybridized carbons (Fsp3) is 0.700. The van der Waals surface area contributed by atoms with Gasteiger partial charge in [0.1, 0.15) is 6.04 Å². The summed E-state index contributed by atoms with van der Waals surface area (Å²) < 4.78 is 9.54. The number of methoxy groups -OCH3 is 1. The number of hydrogen-bond donors (Lipinski definition) is 1. The fourth-order valence-electron chi connectivity index (χ4n) is 1.36. The minimum Gasteiger partial charge on any atom is -0.468 e. The molecular formula is C10H17N3O3. The Labute approximate surface area is 94.4 Å². The van der Waals surface area contributed by atoms with E-state index in [-0.39, 0.29) is 12.0 Å². The Morgan fingerprint density at radius 1 is 1.62 bits per heavy atom. The van der Waals surface area contributed by atoms with Gasteiger partial charge in [-0.3, -0.25) is 10.1 Å². The third-order valence-electron chi connectivity index (χ3n) is 2.10. The molecule has 0 aliphatic heterocycles. The highest BCUT2D eigenvalue weighted by atomic mass is 16.5. The molecule has 0 fully saturated rings. The lowest BCUT2D eigenvalue weighted by atomic mass is 10.0. The van der Waals surface area contributed by atoms with Crippen LogP contribution in [0.3, 0.4) is 0 Å². The summed E-state index contributed by atoms with van der Waals surface area (Å²) in [7, 11) is 1.38. The Hall–Kier alpha value is -1.43.